The predicted octanol–water partition coefficient (Wildman–Crippen LogP) is 2.47. The number of benzene rings is 1. The molecular weight excluding hydrogens is 410 g/mol. The molecule has 0 saturated heterocycles. The molecule has 0 aliphatic heterocycles. The van der Waals surface area contributed by atoms with Crippen LogP contribution in [0.4, 0.5) is 5.69 Å². The number of nitro benzene ring substituents is 1. The van der Waals surface area contributed by atoms with Crippen LogP contribution in [-0.2, 0) is 22.7 Å². The van der Waals surface area contributed by atoms with E-state index in [0.717, 1.165) is 0 Å². The Balaban J connectivity index is 1.30. The van der Waals surface area contributed by atoms with Crippen LogP contribution in [0, 0.1) is 10.1 Å². The summed E-state index contributed by atoms with van der Waals surface area (Å²) in [6.45, 7) is 0.00874. The van der Waals surface area contributed by atoms with Gasteiger partial charge in [0.15, 0.2) is 12.2 Å². The Hall–Kier alpha value is -4.35. The quantitative estimate of drug-likeness (QED) is 0.233. The second kappa shape index (κ2) is 8.57. The van der Waals surface area contributed by atoms with Gasteiger partial charge in [-0.3, -0.25) is 24.5 Å². The number of carbonyl (C=O) groups excluding carboxylic acids is 1. The molecule has 1 aromatic carbocycles. The fourth-order valence-corrected chi connectivity index (χ4v) is 2.90. The number of aryl methyl sites for hydroxylation is 1. The zero-order valence-corrected chi connectivity index (χ0v) is 16.0. The van der Waals surface area contributed by atoms with E-state index >= 15 is 0 Å². The molecule has 0 saturated carbocycles. The van der Waals surface area contributed by atoms with Crippen molar-refractivity contribution in [2.45, 2.75) is 26.0 Å². The Kier molecular flexibility index (Phi) is 5.51. The van der Waals surface area contributed by atoms with Gasteiger partial charge in [-0.25, -0.2) is 4.79 Å². The van der Waals surface area contributed by atoms with E-state index in [-0.39, 0.29) is 36.7 Å². The van der Waals surface area contributed by atoms with Crippen molar-refractivity contribution in [3.63, 3.8) is 0 Å². The first-order valence-electron chi connectivity index (χ1n) is 9.17. The number of nitrogens with zero attached hydrogens (tertiary/aromatic N) is 5. The van der Waals surface area contributed by atoms with Gasteiger partial charge < -0.3 is 13.7 Å². The summed E-state index contributed by atoms with van der Waals surface area (Å²) in [6.07, 6.45) is 3.54. The van der Waals surface area contributed by atoms with Gasteiger partial charge in [-0.2, -0.15) is 4.98 Å². The number of non-ortho nitro benzene ring substituents is 1. The zero-order chi connectivity index (χ0) is 21.8. The SMILES string of the molecule is O=C(CCCn1c(=O)oc2cc([N+](=O)[O-])ccc21)OCc1nc(-c2cccnc2)no1. The molecule has 0 fully saturated rings. The van der Waals surface area contributed by atoms with E-state index in [4.69, 9.17) is 13.7 Å². The maximum atomic E-state index is 12.0. The van der Waals surface area contributed by atoms with Crippen LogP contribution in [0.3, 0.4) is 0 Å². The highest BCUT2D eigenvalue weighted by Crippen LogP contribution is 2.20. The van der Waals surface area contributed by atoms with Gasteiger partial charge in [-0.1, -0.05) is 5.16 Å². The number of nitro groups is 1. The Labute approximate surface area is 173 Å². The molecule has 158 valence electrons. The van der Waals surface area contributed by atoms with Crippen LogP contribution in [0.15, 0.2) is 56.5 Å². The largest absolute Gasteiger partial charge is 0.456 e. The number of ether oxygens (including phenoxy) is 1. The van der Waals surface area contributed by atoms with E-state index in [9.17, 15) is 19.7 Å². The lowest BCUT2D eigenvalue weighted by molar-refractivity contribution is -0.384. The minimum absolute atomic E-state index is 0.0374. The highest BCUT2D eigenvalue weighted by molar-refractivity contribution is 5.75. The van der Waals surface area contributed by atoms with E-state index in [0.29, 0.717) is 23.3 Å². The molecule has 0 radical (unpaired) electrons. The number of fused-ring (bicyclic) bond motifs is 1. The minimum atomic E-state index is -0.655. The lowest BCUT2D eigenvalue weighted by Crippen LogP contribution is -2.15. The van der Waals surface area contributed by atoms with Crippen LogP contribution in [0.1, 0.15) is 18.7 Å². The predicted molar refractivity (Wildman–Crippen MR) is 104 cm³/mol. The topological polar surface area (TPSA) is 156 Å². The lowest BCUT2D eigenvalue weighted by Gasteiger charge is -2.03. The van der Waals surface area contributed by atoms with Crippen molar-refractivity contribution in [2.75, 3.05) is 0 Å². The van der Waals surface area contributed by atoms with Crippen molar-refractivity contribution >= 4 is 22.8 Å². The summed E-state index contributed by atoms with van der Waals surface area (Å²) in [5.41, 5.74) is 1.02. The standard InChI is InChI=1S/C19H15N5O7/c25-17(29-11-16-21-18(22-31-16)12-3-1-7-20-10-12)4-2-8-23-14-6-5-13(24(27)28)9-15(14)30-19(23)26/h1,3,5-7,9-10H,2,4,8,11H2. The van der Waals surface area contributed by atoms with E-state index in [2.05, 4.69) is 15.1 Å². The molecule has 0 amide bonds. The van der Waals surface area contributed by atoms with Crippen molar-refractivity contribution < 1.29 is 23.4 Å². The maximum Gasteiger partial charge on any atom is 0.419 e. The smallest absolute Gasteiger partial charge is 0.419 e. The molecule has 12 nitrogen and oxygen atoms in total. The van der Waals surface area contributed by atoms with Crippen molar-refractivity contribution in [2.24, 2.45) is 0 Å². The first-order valence-corrected chi connectivity index (χ1v) is 9.17. The van der Waals surface area contributed by atoms with Crippen molar-refractivity contribution in [1.82, 2.24) is 19.7 Å². The van der Waals surface area contributed by atoms with Gasteiger partial charge in [-0.15, -0.1) is 0 Å². The van der Waals surface area contributed by atoms with E-state index < -0.39 is 16.6 Å². The van der Waals surface area contributed by atoms with Crippen molar-refractivity contribution in [3.8, 4) is 11.4 Å². The fourth-order valence-electron chi connectivity index (χ4n) is 2.90. The molecule has 0 spiro atoms. The number of oxazole rings is 1. The highest BCUT2D eigenvalue weighted by atomic mass is 16.6. The zero-order valence-electron chi connectivity index (χ0n) is 16.0. The number of esters is 1. The summed E-state index contributed by atoms with van der Waals surface area (Å²) < 4.78 is 16.5. The Bertz CT molecular complexity index is 1290. The average Bonchev–Trinajstić information content (AvgIpc) is 3.37. The summed E-state index contributed by atoms with van der Waals surface area (Å²) in [5.74, 6) is -0.674. The molecule has 0 aliphatic rings. The molecule has 0 aliphatic carbocycles. The van der Waals surface area contributed by atoms with Gasteiger partial charge in [0, 0.05) is 37.0 Å². The van der Waals surface area contributed by atoms with Crippen molar-refractivity contribution in [1.29, 1.82) is 0 Å². The number of aromatic nitrogens is 4. The number of rotatable bonds is 8. The minimum Gasteiger partial charge on any atom is -0.456 e. The molecular formula is C19H15N5O7. The number of pyridine rings is 1. The second-order valence-corrected chi connectivity index (χ2v) is 6.45. The molecule has 0 atom stereocenters. The average molecular weight is 425 g/mol. The summed E-state index contributed by atoms with van der Waals surface area (Å²) in [6, 6.07) is 7.42. The third-order valence-corrected chi connectivity index (χ3v) is 4.37. The van der Waals surface area contributed by atoms with Crippen LogP contribution in [0.25, 0.3) is 22.5 Å². The molecule has 0 bridgehead atoms. The molecule has 4 aromatic rings. The Morgan fingerprint density at radius 3 is 2.94 bits per heavy atom. The maximum absolute atomic E-state index is 12.0. The van der Waals surface area contributed by atoms with Crippen LogP contribution < -0.4 is 5.76 Å². The van der Waals surface area contributed by atoms with Gasteiger partial charge in [0.05, 0.1) is 16.5 Å². The van der Waals surface area contributed by atoms with Gasteiger partial charge in [0.2, 0.25) is 5.82 Å². The van der Waals surface area contributed by atoms with Crippen LogP contribution in [0.2, 0.25) is 0 Å². The van der Waals surface area contributed by atoms with Crippen LogP contribution in [0.5, 0.6) is 0 Å². The van der Waals surface area contributed by atoms with Gasteiger partial charge in [0.1, 0.15) is 0 Å². The third kappa shape index (κ3) is 4.47. The molecule has 0 N–H and O–H groups in total. The van der Waals surface area contributed by atoms with Gasteiger partial charge >= 0.3 is 11.7 Å². The Morgan fingerprint density at radius 1 is 1.29 bits per heavy atom. The highest BCUT2D eigenvalue weighted by Gasteiger charge is 2.15. The summed E-state index contributed by atoms with van der Waals surface area (Å²) in [7, 11) is 0. The lowest BCUT2D eigenvalue weighted by atomic mass is 10.2. The normalized spacial score (nSPS) is 11.0. The number of hydrogen-bond donors (Lipinski definition) is 0. The van der Waals surface area contributed by atoms with E-state index in [1.165, 1.54) is 22.8 Å². The van der Waals surface area contributed by atoms with Gasteiger partial charge in [-0.05, 0) is 24.6 Å². The molecule has 0 unspecified atom stereocenters. The second-order valence-electron chi connectivity index (χ2n) is 6.45. The summed E-state index contributed by atoms with van der Waals surface area (Å²) >= 11 is 0. The molecule has 12 heteroatoms. The third-order valence-electron chi connectivity index (χ3n) is 4.37. The molecule has 3 heterocycles. The molecule has 31 heavy (non-hydrogen) atoms. The van der Waals surface area contributed by atoms with Crippen LogP contribution >= 0.6 is 0 Å². The first-order chi connectivity index (χ1) is 15.0. The van der Waals surface area contributed by atoms with Crippen molar-refractivity contribution in [3.05, 3.63) is 69.3 Å². The first kappa shape index (κ1) is 19.9. The number of carbonyl (C=O) groups is 1. The number of hydrogen-bond acceptors (Lipinski definition) is 10. The van der Waals surface area contributed by atoms with E-state index in [1.807, 2.05) is 0 Å². The summed E-state index contributed by atoms with van der Waals surface area (Å²) in [4.78, 5) is 42.3. The molecule has 3 aromatic heterocycles. The molecule has 4 rings (SSSR count). The monoisotopic (exact) mass is 425 g/mol. The summed E-state index contributed by atoms with van der Waals surface area (Å²) in [5, 5.41) is 14.6. The van der Waals surface area contributed by atoms with Crippen LogP contribution in [-0.4, -0.2) is 30.6 Å². The van der Waals surface area contributed by atoms with E-state index in [1.54, 1.807) is 24.5 Å². The Morgan fingerprint density at radius 2 is 2.16 bits per heavy atom. The van der Waals surface area contributed by atoms with Gasteiger partial charge in [0.25, 0.3) is 11.6 Å². The fraction of sp³-hybridized carbons (Fsp3) is 0.211.